The normalized spacial score (nSPS) is 24.0. The average Bonchev–Trinajstić information content (AvgIpc) is 3.17. The Morgan fingerprint density at radius 2 is 1.79 bits per heavy atom. The topological polar surface area (TPSA) is 50.6 Å². The molecule has 6 nitrogen and oxygen atoms in total. The molecule has 0 saturated carbocycles. The molecule has 0 radical (unpaired) electrons. The summed E-state index contributed by atoms with van der Waals surface area (Å²) in [6.07, 6.45) is 5.79. The molecule has 2 fully saturated rings. The smallest absolute Gasteiger partial charge is 0.272 e. The summed E-state index contributed by atoms with van der Waals surface area (Å²) in [5.41, 5.74) is 1.25. The highest BCUT2D eigenvalue weighted by atomic mass is 19.1. The fraction of sp³-hybridized carbons (Fsp3) is 0.545. The lowest BCUT2D eigenvalue weighted by Gasteiger charge is -2.39. The van der Waals surface area contributed by atoms with Gasteiger partial charge in [0.15, 0.2) is 0 Å². The van der Waals surface area contributed by atoms with Crippen molar-refractivity contribution in [3.05, 3.63) is 48.3 Å². The molecule has 156 valence electrons. The Bertz CT molecular complexity index is 820. The first-order valence-corrected chi connectivity index (χ1v) is 10.4. The second-order valence-corrected chi connectivity index (χ2v) is 8.34. The Hall–Kier alpha value is -2.25. The van der Waals surface area contributed by atoms with Crippen LogP contribution in [0.4, 0.5) is 4.39 Å². The second-order valence-electron chi connectivity index (χ2n) is 8.34. The van der Waals surface area contributed by atoms with Gasteiger partial charge in [-0.1, -0.05) is 0 Å². The maximum absolute atomic E-state index is 13.2. The van der Waals surface area contributed by atoms with Gasteiger partial charge in [0.25, 0.3) is 5.91 Å². The van der Waals surface area contributed by atoms with E-state index in [4.69, 9.17) is 4.74 Å². The number of morpholine rings is 1. The van der Waals surface area contributed by atoms with Crippen LogP contribution in [0.15, 0.2) is 36.8 Å². The number of amides is 1. The lowest BCUT2D eigenvalue weighted by molar-refractivity contribution is -0.0728. The van der Waals surface area contributed by atoms with Gasteiger partial charge in [0, 0.05) is 38.4 Å². The number of halogens is 1. The number of ether oxygens (including phenoxy) is 1. The number of benzene rings is 1. The van der Waals surface area contributed by atoms with E-state index >= 15 is 0 Å². The lowest BCUT2D eigenvalue weighted by Crippen LogP contribution is -2.48. The number of carbonyl (C=O) groups is 1. The van der Waals surface area contributed by atoms with Crippen LogP contribution in [0.5, 0.6) is 0 Å². The summed E-state index contributed by atoms with van der Waals surface area (Å²) in [4.78, 5) is 21.6. The predicted octanol–water partition coefficient (Wildman–Crippen LogP) is 2.97. The van der Waals surface area contributed by atoms with Crippen molar-refractivity contribution in [2.24, 2.45) is 5.92 Å². The summed E-state index contributed by atoms with van der Waals surface area (Å²) in [6, 6.07) is 6.10. The van der Waals surface area contributed by atoms with Crippen LogP contribution in [0.25, 0.3) is 5.69 Å². The Kier molecular flexibility index (Phi) is 5.96. The van der Waals surface area contributed by atoms with Crippen LogP contribution in [-0.2, 0) is 4.74 Å². The Morgan fingerprint density at radius 3 is 2.45 bits per heavy atom. The number of likely N-dealkylation sites (tertiary alicyclic amines) is 1. The molecule has 29 heavy (non-hydrogen) atoms. The SMILES string of the molecule is CC1CN(CC2CCN(C(=O)c3cncn3-c3ccc(F)cc3)CC2)CC(C)O1. The molecule has 3 heterocycles. The van der Waals surface area contributed by atoms with Crippen LogP contribution in [0.1, 0.15) is 37.2 Å². The molecule has 7 heteroatoms. The average molecular weight is 400 g/mol. The van der Waals surface area contributed by atoms with Gasteiger partial charge in [0.05, 0.1) is 24.7 Å². The van der Waals surface area contributed by atoms with Crippen molar-refractivity contribution >= 4 is 5.91 Å². The van der Waals surface area contributed by atoms with E-state index in [1.807, 2.05) is 4.90 Å². The maximum atomic E-state index is 13.2. The van der Waals surface area contributed by atoms with Gasteiger partial charge in [0.2, 0.25) is 0 Å². The first-order valence-electron chi connectivity index (χ1n) is 10.4. The summed E-state index contributed by atoms with van der Waals surface area (Å²) in [5, 5.41) is 0. The number of hydrogen-bond acceptors (Lipinski definition) is 4. The van der Waals surface area contributed by atoms with E-state index in [0.29, 0.717) is 11.6 Å². The third-order valence-electron chi connectivity index (χ3n) is 5.88. The molecule has 0 bridgehead atoms. The summed E-state index contributed by atoms with van der Waals surface area (Å²) >= 11 is 0. The molecule has 2 saturated heterocycles. The molecule has 1 aromatic carbocycles. The van der Waals surface area contributed by atoms with Gasteiger partial charge in [-0.25, -0.2) is 9.37 Å². The molecule has 0 spiro atoms. The van der Waals surface area contributed by atoms with Crippen LogP contribution in [0.3, 0.4) is 0 Å². The number of nitrogens with zero attached hydrogens (tertiary/aromatic N) is 4. The van der Waals surface area contributed by atoms with Crippen LogP contribution < -0.4 is 0 Å². The molecular weight excluding hydrogens is 371 g/mol. The molecule has 2 aromatic rings. The Labute approximate surface area is 171 Å². The zero-order valence-electron chi connectivity index (χ0n) is 17.1. The van der Waals surface area contributed by atoms with Gasteiger partial charge in [-0.3, -0.25) is 14.3 Å². The molecule has 4 rings (SSSR count). The maximum Gasteiger partial charge on any atom is 0.272 e. The minimum atomic E-state index is -0.298. The molecule has 2 atom stereocenters. The summed E-state index contributed by atoms with van der Waals surface area (Å²) in [5.74, 6) is 0.297. The number of hydrogen-bond donors (Lipinski definition) is 0. The van der Waals surface area contributed by atoms with E-state index in [9.17, 15) is 9.18 Å². The van der Waals surface area contributed by atoms with Crippen LogP contribution in [0.2, 0.25) is 0 Å². The van der Waals surface area contributed by atoms with E-state index < -0.39 is 0 Å². The zero-order chi connectivity index (χ0) is 20.4. The molecule has 2 unspecified atom stereocenters. The predicted molar refractivity (Wildman–Crippen MR) is 109 cm³/mol. The molecule has 1 aromatic heterocycles. The summed E-state index contributed by atoms with van der Waals surface area (Å²) in [7, 11) is 0. The van der Waals surface area contributed by atoms with Crippen LogP contribution in [0, 0.1) is 11.7 Å². The van der Waals surface area contributed by atoms with Crippen molar-refractivity contribution in [1.82, 2.24) is 19.4 Å². The van der Waals surface area contributed by atoms with Crippen molar-refractivity contribution in [2.75, 3.05) is 32.7 Å². The minimum absolute atomic E-state index is 0.0149. The second kappa shape index (κ2) is 8.63. The summed E-state index contributed by atoms with van der Waals surface area (Å²) < 4.78 is 20.8. The van der Waals surface area contributed by atoms with Crippen molar-refractivity contribution in [3.63, 3.8) is 0 Å². The van der Waals surface area contributed by atoms with Crippen molar-refractivity contribution < 1.29 is 13.9 Å². The fourth-order valence-electron chi connectivity index (χ4n) is 4.54. The highest BCUT2D eigenvalue weighted by molar-refractivity contribution is 5.93. The number of carbonyl (C=O) groups excluding carboxylic acids is 1. The van der Waals surface area contributed by atoms with Crippen LogP contribution in [-0.4, -0.2) is 70.2 Å². The first-order chi connectivity index (χ1) is 14.0. The number of imidazole rings is 1. The van der Waals surface area contributed by atoms with Gasteiger partial charge in [-0.15, -0.1) is 0 Å². The zero-order valence-corrected chi connectivity index (χ0v) is 17.1. The monoisotopic (exact) mass is 400 g/mol. The van der Waals surface area contributed by atoms with Crippen molar-refractivity contribution in [3.8, 4) is 5.69 Å². The van der Waals surface area contributed by atoms with E-state index in [1.54, 1.807) is 29.2 Å². The number of piperidine rings is 1. The highest BCUT2D eigenvalue weighted by Gasteiger charge is 2.29. The molecule has 2 aliphatic heterocycles. The molecule has 1 amide bonds. The quantitative estimate of drug-likeness (QED) is 0.792. The summed E-state index contributed by atoms with van der Waals surface area (Å²) in [6.45, 7) is 8.83. The molecule has 2 aliphatic rings. The Balaban J connectivity index is 1.35. The number of aromatic nitrogens is 2. The number of rotatable bonds is 4. The van der Waals surface area contributed by atoms with E-state index in [1.165, 1.54) is 12.1 Å². The van der Waals surface area contributed by atoms with Crippen LogP contribution >= 0.6 is 0 Å². The van der Waals surface area contributed by atoms with E-state index in [-0.39, 0.29) is 23.9 Å². The molecule has 0 aliphatic carbocycles. The Morgan fingerprint density at radius 1 is 1.14 bits per heavy atom. The van der Waals surface area contributed by atoms with Crippen molar-refractivity contribution in [1.29, 1.82) is 0 Å². The largest absolute Gasteiger partial charge is 0.373 e. The molecule has 0 N–H and O–H groups in total. The van der Waals surface area contributed by atoms with Gasteiger partial charge < -0.3 is 9.64 Å². The van der Waals surface area contributed by atoms with E-state index in [2.05, 4.69) is 23.7 Å². The van der Waals surface area contributed by atoms with E-state index in [0.717, 1.165) is 51.3 Å². The third-order valence-corrected chi connectivity index (χ3v) is 5.88. The van der Waals surface area contributed by atoms with Gasteiger partial charge in [-0.2, -0.15) is 0 Å². The lowest BCUT2D eigenvalue weighted by atomic mass is 9.95. The minimum Gasteiger partial charge on any atom is -0.373 e. The van der Waals surface area contributed by atoms with Gasteiger partial charge in [0.1, 0.15) is 11.5 Å². The first kappa shape index (κ1) is 20.0. The third kappa shape index (κ3) is 4.67. The van der Waals surface area contributed by atoms with Gasteiger partial charge in [-0.05, 0) is 56.9 Å². The highest BCUT2D eigenvalue weighted by Crippen LogP contribution is 2.23. The fourth-order valence-corrected chi connectivity index (χ4v) is 4.54. The standard InChI is InChI=1S/C22H29FN4O2/c1-16-12-25(13-17(2)29-16)14-18-7-9-26(10-8-18)22(28)21-11-24-15-27(21)20-5-3-19(23)4-6-20/h3-6,11,15-18H,7-10,12-14H2,1-2H3. The molecular formula is C22H29FN4O2. The van der Waals surface area contributed by atoms with Crippen molar-refractivity contribution in [2.45, 2.75) is 38.9 Å². The van der Waals surface area contributed by atoms with Gasteiger partial charge >= 0.3 is 0 Å².